The second-order valence-electron chi connectivity index (χ2n) is 7.22. The Kier molecular flexibility index (Phi) is 3.85. The molecule has 0 heterocycles. The zero-order valence-corrected chi connectivity index (χ0v) is 12.0. The van der Waals surface area contributed by atoms with E-state index in [1.165, 1.54) is 19.3 Å². The largest absolute Gasteiger partial charge is 0.243 e. The summed E-state index contributed by atoms with van der Waals surface area (Å²) in [6.07, 6.45) is 6.79. The maximum Gasteiger partial charge on any atom is 0.116 e. The second-order valence-corrected chi connectivity index (χ2v) is 7.22. The van der Waals surface area contributed by atoms with Crippen LogP contribution in [-0.4, -0.2) is 5.67 Å². The van der Waals surface area contributed by atoms with Crippen LogP contribution in [0.15, 0.2) is 0 Å². The van der Waals surface area contributed by atoms with Gasteiger partial charge in [-0.2, -0.15) is 0 Å². The number of hydrogen-bond donors (Lipinski definition) is 0. The van der Waals surface area contributed by atoms with Crippen molar-refractivity contribution in [1.29, 1.82) is 0 Å². The van der Waals surface area contributed by atoms with E-state index in [0.717, 1.165) is 25.2 Å². The van der Waals surface area contributed by atoms with E-state index in [1.54, 1.807) is 0 Å². The Bertz CT molecular complexity index is 262. The van der Waals surface area contributed by atoms with Gasteiger partial charge in [0.1, 0.15) is 5.67 Å². The number of halogens is 1. The third-order valence-corrected chi connectivity index (χ3v) is 5.65. The van der Waals surface area contributed by atoms with Crippen molar-refractivity contribution in [2.75, 3.05) is 0 Å². The average Bonchev–Trinajstić information content (AvgIpc) is 2.27. The first-order valence-electron chi connectivity index (χ1n) is 7.62. The fourth-order valence-electron chi connectivity index (χ4n) is 4.33. The molecular formula is C16H29F. The number of hydrogen-bond acceptors (Lipinski definition) is 0. The fraction of sp³-hybridized carbons (Fsp3) is 1.00. The van der Waals surface area contributed by atoms with Crippen LogP contribution in [0.5, 0.6) is 0 Å². The molecule has 0 amide bonds. The lowest BCUT2D eigenvalue weighted by Gasteiger charge is -2.49. The molecule has 100 valence electrons. The highest BCUT2D eigenvalue weighted by Gasteiger charge is 2.49. The first-order chi connectivity index (χ1) is 7.93. The monoisotopic (exact) mass is 240 g/mol. The molecule has 2 aliphatic rings. The summed E-state index contributed by atoms with van der Waals surface area (Å²) in [5.41, 5.74) is -0.869. The molecule has 0 aliphatic heterocycles. The van der Waals surface area contributed by atoms with Gasteiger partial charge in [-0.1, -0.05) is 47.0 Å². The molecule has 0 aromatic rings. The van der Waals surface area contributed by atoms with Crippen molar-refractivity contribution in [3.8, 4) is 0 Å². The van der Waals surface area contributed by atoms with Gasteiger partial charge < -0.3 is 0 Å². The molecule has 17 heavy (non-hydrogen) atoms. The van der Waals surface area contributed by atoms with Gasteiger partial charge in [0, 0.05) is 0 Å². The van der Waals surface area contributed by atoms with Crippen LogP contribution in [0.1, 0.15) is 66.2 Å². The molecule has 2 saturated carbocycles. The molecule has 0 nitrogen and oxygen atoms in total. The van der Waals surface area contributed by atoms with Crippen molar-refractivity contribution < 1.29 is 4.39 Å². The van der Waals surface area contributed by atoms with Crippen LogP contribution in [0.25, 0.3) is 0 Å². The summed E-state index contributed by atoms with van der Waals surface area (Å²) in [4.78, 5) is 0. The van der Waals surface area contributed by atoms with Gasteiger partial charge in [-0.3, -0.25) is 0 Å². The molecule has 2 aliphatic carbocycles. The van der Waals surface area contributed by atoms with Crippen molar-refractivity contribution in [2.45, 2.75) is 71.9 Å². The van der Waals surface area contributed by atoms with Gasteiger partial charge in [0.25, 0.3) is 0 Å². The summed E-state index contributed by atoms with van der Waals surface area (Å²) in [6, 6.07) is 0. The number of rotatable bonds is 1. The topological polar surface area (TPSA) is 0 Å². The highest BCUT2D eigenvalue weighted by atomic mass is 19.1. The minimum Gasteiger partial charge on any atom is -0.243 e. The lowest BCUT2D eigenvalue weighted by atomic mass is 9.59. The lowest BCUT2D eigenvalue weighted by Crippen LogP contribution is -2.48. The van der Waals surface area contributed by atoms with Crippen molar-refractivity contribution >= 4 is 0 Å². The quantitative estimate of drug-likeness (QED) is 0.589. The molecule has 0 N–H and O–H groups in total. The van der Waals surface area contributed by atoms with E-state index in [0.29, 0.717) is 17.8 Å². The summed E-state index contributed by atoms with van der Waals surface area (Å²) in [6.45, 7) is 8.97. The first-order valence-corrected chi connectivity index (χ1v) is 7.62. The zero-order chi connectivity index (χ0) is 12.6. The summed E-state index contributed by atoms with van der Waals surface area (Å²) in [7, 11) is 0. The Hall–Kier alpha value is -0.0700. The van der Waals surface area contributed by atoms with E-state index < -0.39 is 5.67 Å². The summed E-state index contributed by atoms with van der Waals surface area (Å²) in [5, 5.41) is 0. The second kappa shape index (κ2) is 4.90. The summed E-state index contributed by atoms with van der Waals surface area (Å²) in [5.74, 6) is 2.50. The van der Waals surface area contributed by atoms with Gasteiger partial charge in [0.2, 0.25) is 0 Å². The Labute approximate surface area is 106 Å². The van der Waals surface area contributed by atoms with Gasteiger partial charge in [-0.15, -0.1) is 0 Å². The maximum absolute atomic E-state index is 15.5. The molecule has 2 fully saturated rings. The van der Waals surface area contributed by atoms with E-state index in [1.807, 2.05) is 0 Å². The van der Waals surface area contributed by atoms with Crippen molar-refractivity contribution in [1.82, 2.24) is 0 Å². The van der Waals surface area contributed by atoms with Gasteiger partial charge in [0.05, 0.1) is 0 Å². The van der Waals surface area contributed by atoms with E-state index in [9.17, 15) is 0 Å². The first kappa shape index (κ1) is 13.4. The zero-order valence-electron chi connectivity index (χ0n) is 12.0. The minimum atomic E-state index is -0.869. The van der Waals surface area contributed by atoms with Crippen LogP contribution < -0.4 is 0 Å². The third-order valence-electron chi connectivity index (χ3n) is 5.65. The van der Waals surface area contributed by atoms with Crippen LogP contribution in [-0.2, 0) is 0 Å². The van der Waals surface area contributed by atoms with Crippen LogP contribution >= 0.6 is 0 Å². The third kappa shape index (κ3) is 2.53. The van der Waals surface area contributed by atoms with Gasteiger partial charge in [-0.05, 0) is 48.9 Å². The fourth-order valence-corrected chi connectivity index (χ4v) is 4.33. The number of alkyl halides is 1. The molecular weight excluding hydrogens is 211 g/mol. The highest BCUT2D eigenvalue weighted by molar-refractivity contribution is 4.99. The Morgan fingerprint density at radius 1 is 0.882 bits per heavy atom. The molecule has 6 unspecified atom stereocenters. The SMILES string of the molecule is CC1CCC(C)C(C2(F)CC(C)CCC2C)C1. The van der Waals surface area contributed by atoms with E-state index >= 15 is 4.39 Å². The standard InChI is InChI=1S/C16H29F/c1-11-5-7-13(3)15(9-11)16(17)10-12(2)6-8-14(16)4/h11-15H,5-10H2,1-4H3. The molecule has 1 heteroatoms. The molecule has 0 radical (unpaired) electrons. The molecule has 6 atom stereocenters. The van der Waals surface area contributed by atoms with E-state index in [4.69, 9.17) is 0 Å². The molecule has 0 spiro atoms. The predicted octanol–water partition coefficient (Wildman–Crippen LogP) is 5.22. The Morgan fingerprint density at radius 3 is 2.24 bits per heavy atom. The molecule has 2 rings (SSSR count). The van der Waals surface area contributed by atoms with Crippen LogP contribution in [0, 0.1) is 29.6 Å². The lowest BCUT2D eigenvalue weighted by molar-refractivity contribution is -0.0681. The highest BCUT2D eigenvalue weighted by Crippen LogP contribution is 2.51. The smallest absolute Gasteiger partial charge is 0.116 e. The summed E-state index contributed by atoms with van der Waals surface area (Å²) >= 11 is 0. The van der Waals surface area contributed by atoms with Crippen molar-refractivity contribution in [3.63, 3.8) is 0 Å². The Morgan fingerprint density at radius 2 is 1.53 bits per heavy atom. The van der Waals surface area contributed by atoms with E-state index in [2.05, 4.69) is 27.7 Å². The molecule has 0 aromatic carbocycles. The van der Waals surface area contributed by atoms with Crippen molar-refractivity contribution in [2.24, 2.45) is 29.6 Å². The maximum atomic E-state index is 15.5. The molecule has 0 aromatic heterocycles. The van der Waals surface area contributed by atoms with E-state index in [-0.39, 0.29) is 5.92 Å². The van der Waals surface area contributed by atoms with Crippen LogP contribution in [0.3, 0.4) is 0 Å². The van der Waals surface area contributed by atoms with Gasteiger partial charge in [-0.25, -0.2) is 4.39 Å². The molecule has 0 bridgehead atoms. The van der Waals surface area contributed by atoms with Crippen LogP contribution in [0.2, 0.25) is 0 Å². The van der Waals surface area contributed by atoms with Crippen LogP contribution in [0.4, 0.5) is 4.39 Å². The van der Waals surface area contributed by atoms with Crippen molar-refractivity contribution in [3.05, 3.63) is 0 Å². The normalized spacial score (nSPS) is 52.4. The minimum absolute atomic E-state index is 0.274. The average molecular weight is 240 g/mol. The van der Waals surface area contributed by atoms with Gasteiger partial charge >= 0.3 is 0 Å². The van der Waals surface area contributed by atoms with Gasteiger partial charge in [0.15, 0.2) is 0 Å². The Balaban J connectivity index is 2.16. The predicted molar refractivity (Wildman–Crippen MR) is 71.7 cm³/mol. The molecule has 0 saturated heterocycles. The summed E-state index contributed by atoms with van der Waals surface area (Å²) < 4.78 is 15.5.